The van der Waals surface area contributed by atoms with Gasteiger partial charge in [0.15, 0.2) is 0 Å². The third-order valence-corrected chi connectivity index (χ3v) is 3.41. The van der Waals surface area contributed by atoms with Gasteiger partial charge in [-0.1, -0.05) is 19.1 Å². The number of H-pyrrole nitrogens is 1. The highest BCUT2D eigenvalue weighted by atomic mass is 16.4. The van der Waals surface area contributed by atoms with Gasteiger partial charge in [-0.25, -0.2) is 4.98 Å². The fraction of sp³-hybridized carbons (Fsp3) is 0.400. The van der Waals surface area contributed by atoms with E-state index >= 15 is 0 Å². The highest BCUT2D eigenvalue weighted by Gasteiger charge is 2.15. The predicted molar refractivity (Wildman–Crippen MR) is 78.8 cm³/mol. The fourth-order valence-electron chi connectivity index (χ4n) is 2.09. The molecule has 1 aromatic heterocycles. The number of carbonyl (C=O) groups excluding carboxylic acids is 1. The minimum atomic E-state index is -0.880. The van der Waals surface area contributed by atoms with Gasteiger partial charge in [0.25, 0.3) is 0 Å². The summed E-state index contributed by atoms with van der Waals surface area (Å²) >= 11 is 0. The highest BCUT2D eigenvalue weighted by Crippen LogP contribution is 2.11. The second kappa shape index (κ2) is 6.88. The van der Waals surface area contributed by atoms with Crippen molar-refractivity contribution >= 4 is 22.9 Å². The van der Waals surface area contributed by atoms with Crippen LogP contribution in [0.15, 0.2) is 24.3 Å². The molecule has 3 N–H and O–H groups in total. The molecule has 0 aliphatic carbocycles. The number of carboxylic acid groups (broad SMARTS) is 1. The average molecular weight is 289 g/mol. The number of aliphatic carboxylic acids is 1. The highest BCUT2D eigenvalue weighted by molar-refractivity contribution is 5.78. The number of hydrogen-bond donors (Lipinski definition) is 3. The molecular weight excluding hydrogens is 270 g/mol. The van der Waals surface area contributed by atoms with Gasteiger partial charge in [0.2, 0.25) is 5.91 Å². The number of carboxylic acids is 1. The van der Waals surface area contributed by atoms with Crippen LogP contribution in [-0.4, -0.2) is 33.5 Å². The maximum atomic E-state index is 11.7. The van der Waals surface area contributed by atoms with Gasteiger partial charge in [-0.05, 0) is 18.6 Å². The first-order chi connectivity index (χ1) is 10.1. The smallest absolute Gasteiger partial charge is 0.308 e. The van der Waals surface area contributed by atoms with Crippen molar-refractivity contribution in [1.29, 1.82) is 0 Å². The van der Waals surface area contributed by atoms with Gasteiger partial charge in [-0.15, -0.1) is 0 Å². The molecule has 1 heterocycles. The van der Waals surface area contributed by atoms with E-state index in [1.54, 1.807) is 6.92 Å². The molecule has 1 amide bonds. The summed E-state index contributed by atoms with van der Waals surface area (Å²) in [6.45, 7) is 1.96. The Labute approximate surface area is 122 Å². The van der Waals surface area contributed by atoms with Crippen molar-refractivity contribution in [3.8, 4) is 0 Å². The largest absolute Gasteiger partial charge is 0.481 e. The van der Waals surface area contributed by atoms with Gasteiger partial charge in [0, 0.05) is 19.4 Å². The van der Waals surface area contributed by atoms with E-state index in [1.807, 2.05) is 24.3 Å². The molecule has 1 atom stereocenters. The number of aromatic nitrogens is 2. The van der Waals surface area contributed by atoms with Gasteiger partial charge < -0.3 is 15.4 Å². The van der Waals surface area contributed by atoms with Gasteiger partial charge in [-0.3, -0.25) is 9.59 Å². The first-order valence-corrected chi connectivity index (χ1v) is 7.03. The van der Waals surface area contributed by atoms with Crippen LogP contribution >= 0.6 is 0 Å². The van der Waals surface area contributed by atoms with Crippen molar-refractivity contribution in [2.75, 3.05) is 6.54 Å². The molecule has 6 nitrogen and oxygen atoms in total. The maximum Gasteiger partial charge on any atom is 0.308 e. The van der Waals surface area contributed by atoms with Crippen LogP contribution in [0.2, 0.25) is 0 Å². The monoisotopic (exact) mass is 289 g/mol. The number of para-hydroxylation sites is 2. The van der Waals surface area contributed by atoms with E-state index in [0.717, 1.165) is 16.9 Å². The maximum absolute atomic E-state index is 11.7. The lowest BCUT2D eigenvalue weighted by Crippen LogP contribution is -2.32. The van der Waals surface area contributed by atoms with Gasteiger partial charge in [-0.2, -0.15) is 0 Å². The summed E-state index contributed by atoms with van der Waals surface area (Å²) in [6.07, 6.45) is 1.29. The molecular formula is C15H19N3O3. The van der Waals surface area contributed by atoms with Crippen molar-refractivity contribution in [2.45, 2.75) is 26.2 Å². The van der Waals surface area contributed by atoms with E-state index < -0.39 is 11.9 Å². The standard InChI is InChI=1S/C15H19N3O3/c1-2-10(15(20)21)9-16-14(19)8-7-13-17-11-5-3-4-6-12(11)18-13/h3-6,10H,2,7-9H2,1H3,(H,16,19)(H,17,18)(H,20,21). The number of imidazole rings is 1. The summed E-state index contributed by atoms with van der Waals surface area (Å²) < 4.78 is 0. The zero-order chi connectivity index (χ0) is 15.2. The Morgan fingerprint density at radius 2 is 2.14 bits per heavy atom. The van der Waals surface area contributed by atoms with E-state index in [-0.39, 0.29) is 18.9 Å². The number of aryl methyl sites for hydroxylation is 1. The van der Waals surface area contributed by atoms with Gasteiger partial charge >= 0.3 is 5.97 Å². The van der Waals surface area contributed by atoms with E-state index in [0.29, 0.717) is 12.8 Å². The Morgan fingerprint density at radius 3 is 2.81 bits per heavy atom. The predicted octanol–water partition coefficient (Wildman–Crippen LogP) is 1.72. The van der Waals surface area contributed by atoms with E-state index in [9.17, 15) is 9.59 Å². The molecule has 1 aromatic carbocycles. The van der Waals surface area contributed by atoms with Crippen molar-refractivity contribution in [3.63, 3.8) is 0 Å². The minimum Gasteiger partial charge on any atom is -0.481 e. The molecule has 0 aliphatic heterocycles. The summed E-state index contributed by atoms with van der Waals surface area (Å²) in [7, 11) is 0. The average Bonchev–Trinajstić information content (AvgIpc) is 2.88. The van der Waals surface area contributed by atoms with Crippen molar-refractivity contribution in [2.24, 2.45) is 5.92 Å². The number of nitrogens with one attached hydrogen (secondary N) is 2. The van der Waals surface area contributed by atoms with Crippen molar-refractivity contribution in [3.05, 3.63) is 30.1 Å². The first-order valence-electron chi connectivity index (χ1n) is 7.03. The Morgan fingerprint density at radius 1 is 1.38 bits per heavy atom. The lowest BCUT2D eigenvalue weighted by Gasteiger charge is -2.10. The minimum absolute atomic E-state index is 0.157. The molecule has 2 aromatic rings. The number of hydrogen-bond acceptors (Lipinski definition) is 3. The number of fused-ring (bicyclic) bond motifs is 1. The molecule has 21 heavy (non-hydrogen) atoms. The van der Waals surface area contributed by atoms with Crippen LogP contribution in [0.3, 0.4) is 0 Å². The third-order valence-electron chi connectivity index (χ3n) is 3.41. The molecule has 6 heteroatoms. The van der Waals surface area contributed by atoms with E-state index in [1.165, 1.54) is 0 Å². The summed E-state index contributed by atoms with van der Waals surface area (Å²) in [4.78, 5) is 30.1. The summed E-state index contributed by atoms with van der Waals surface area (Å²) in [5.41, 5.74) is 1.83. The topological polar surface area (TPSA) is 95.1 Å². The SMILES string of the molecule is CCC(CNC(=O)CCc1nc2ccccc2[nH]1)C(=O)O. The van der Waals surface area contributed by atoms with Crippen LogP contribution in [-0.2, 0) is 16.0 Å². The molecule has 0 radical (unpaired) electrons. The van der Waals surface area contributed by atoms with Crippen LogP contribution in [0.1, 0.15) is 25.6 Å². The molecule has 1 unspecified atom stereocenters. The third kappa shape index (κ3) is 4.05. The van der Waals surface area contributed by atoms with Gasteiger partial charge in [0.1, 0.15) is 5.82 Å². The molecule has 0 spiro atoms. The van der Waals surface area contributed by atoms with Crippen LogP contribution in [0.4, 0.5) is 0 Å². The van der Waals surface area contributed by atoms with E-state index in [4.69, 9.17) is 5.11 Å². The molecule has 0 saturated heterocycles. The summed E-state index contributed by atoms with van der Waals surface area (Å²) in [6, 6.07) is 7.68. The summed E-state index contributed by atoms with van der Waals surface area (Å²) in [5.74, 6) is -0.804. The van der Waals surface area contributed by atoms with Gasteiger partial charge in [0.05, 0.1) is 17.0 Å². The molecule has 0 fully saturated rings. The molecule has 0 bridgehead atoms. The molecule has 2 rings (SSSR count). The zero-order valence-electron chi connectivity index (χ0n) is 11.9. The Balaban J connectivity index is 1.82. The summed E-state index contributed by atoms with van der Waals surface area (Å²) in [5, 5.41) is 11.6. The van der Waals surface area contributed by atoms with Crippen LogP contribution in [0.25, 0.3) is 11.0 Å². The lowest BCUT2D eigenvalue weighted by molar-refractivity contribution is -0.141. The normalized spacial score (nSPS) is 12.2. The number of carbonyl (C=O) groups is 2. The second-order valence-corrected chi connectivity index (χ2v) is 4.95. The van der Waals surface area contributed by atoms with E-state index in [2.05, 4.69) is 15.3 Å². The number of amides is 1. The lowest BCUT2D eigenvalue weighted by atomic mass is 10.1. The Kier molecular flexibility index (Phi) is 4.92. The molecule has 0 saturated carbocycles. The fourth-order valence-corrected chi connectivity index (χ4v) is 2.09. The zero-order valence-corrected chi connectivity index (χ0v) is 11.9. The molecule has 112 valence electrons. The Bertz CT molecular complexity index is 603. The molecule has 0 aliphatic rings. The van der Waals surface area contributed by atoms with Crippen molar-refractivity contribution in [1.82, 2.24) is 15.3 Å². The number of nitrogens with zero attached hydrogens (tertiary/aromatic N) is 1. The Hall–Kier alpha value is -2.37. The number of benzene rings is 1. The van der Waals surface area contributed by atoms with Crippen LogP contribution in [0.5, 0.6) is 0 Å². The quantitative estimate of drug-likeness (QED) is 0.723. The first kappa shape index (κ1) is 15.0. The number of aromatic amines is 1. The van der Waals surface area contributed by atoms with Crippen LogP contribution in [0, 0.1) is 5.92 Å². The second-order valence-electron chi connectivity index (χ2n) is 4.95. The van der Waals surface area contributed by atoms with Crippen molar-refractivity contribution < 1.29 is 14.7 Å². The van der Waals surface area contributed by atoms with Crippen LogP contribution < -0.4 is 5.32 Å². The number of rotatable bonds is 7.